The van der Waals surface area contributed by atoms with Gasteiger partial charge < -0.3 is 0 Å². The molecule has 0 N–H and O–H groups in total. The normalized spacial score (nSPS) is 9.09. The van der Waals surface area contributed by atoms with Gasteiger partial charge in [0.25, 0.3) is 0 Å². The van der Waals surface area contributed by atoms with E-state index in [1.165, 1.54) is 0 Å². The van der Waals surface area contributed by atoms with Crippen LogP contribution in [-0.2, 0) is 0 Å². The van der Waals surface area contributed by atoms with Gasteiger partial charge in [-0.3, -0.25) is 0 Å². The molecule has 0 amide bonds. The minimum absolute atomic E-state index is 0. The first-order valence-corrected chi connectivity index (χ1v) is 3.13. The van der Waals surface area contributed by atoms with E-state index in [-0.39, 0.29) is 12.4 Å². The van der Waals surface area contributed by atoms with Gasteiger partial charge >= 0.3 is 0 Å². The summed E-state index contributed by atoms with van der Waals surface area (Å²) in [6.07, 6.45) is 1.76. The minimum Gasteiger partial charge on any atom is -0.158 e. The van der Waals surface area contributed by atoms with Crippen molar-refractivity contribution in [2.75, 3.05) is 0 Å². The zero-order valence-corrected chi connectivity index (χ0v) is 6.58. The average molecular weight is 167 g/mol. The Morgan fingerprint density at radius 3 is 2.73 bits per heavy atom. The lowest BCUT2D eigenvalue weighted by atomic mass is 10.2. The van der Waals surface area contributed by atoms with Crippen LogP contribution in [0.25, 0.3) is 11.3 Å². The maximum Gasteiger partial charge on any atom is 0.0945 e. The van der Waals surface area contributed by atoms with Crippen molar-refractivity contribution in [3.8, 4) is 11.3 Å². The van der Waals surface area contributed by atoms with Crippen molar-refractivity contribution in [2.24, 2.45) is 0 Å². The molecule has 0 bridgehead atoms. The molecule has 3 heteroatoms. The lowest BCUT2D eigenvalue weighted by Gasteiger charge is -1.80. The van der Waals surface area contributed by atoms with Crippen LogP contribution < -0.4 is 0 Å². The molecule has 0 unspecified atom stereocenters. The Kier molecular flexibility index (Phi) is 2.39. The molecule has 0 atom stereocenters. The van der Waals surface area contributed by atoms with Crippen molar-refractivity contribution < 1.29 is 0 Å². The van der Waals surface area contributed by atoms with Crippen LogP contribution >= 0.6 is 12.4 Å². The van der Waals surface area contributed by atoms with Gasteiger partial charge in [0.05, 0.1) is 11.9 Å². The van der Waals surface area contributed by atoms with Gasteiger partial charge in [0.1, 0.15) is 0 Å². The van der Waals surface area contributed by atoms with Crippen molar-refractivity contribution in [3.63, 3.8) is 0 Å². The van der Waals surface area contributed by atoms with Crippen LogP contribution in [0.1, 0.15) is 0 Å². The van der Waals surface area contributed by atoms with E-state index in [2.05, 4.69) is 10.2 Å². The van der Waals surface area contributed by atoms with Crippen LogP contribution in [0.3, 0.4) is 0 Å². The van der Waals surface area contributed by atoms with Crippen LogP contribution in [0.2, 0.25) is 0 Å². The Morgan fingerprint density at radius 1 is 1.00 bits per heavy atom. The minimum atomic E-state index is 0. The topological polar surface area (TPSA) is 25.8 Å². The number of halogens is 1. The third-order valence-corrected chi connectivity index (χ3v) is 1.41. The van der Waals surface area contributed by atoms with Gasteiger partial charge in [0.15, 0.2) is 0 Å². The van der Waals surface area contributed by atoms with Crippen molar-refractivity contribution in [3.05, 3.63) is 36.5 Å². The third kappa shape index (κ3) is 1.46. The molecule has 11 heavy (non-hydrogen) atoms. The highest BCUT2D eigenvalue weighted by molar-refractivity contribution is 5.85. The molecule has 0 aromatic carbocycles. The zero-order valence-electron chi connectivity index (χ0n) is 5.77. The van der Waals surface area contributed by atoms with E-state index < -0.39 is 0 Å². The fraction of sp³-hybridized carbons (Fsp3) is 0. The maximum absolute atomic E-state index is 3.91. The average Bonchev–Trinajstić information content (AvgIpc) is 2.28. The fourth-order valence-corrected chi connectivity index (χ4v) is 0.905. The molecule has 1 aliphatic carbocycles. The molecule has 1 aliphatic heterocycles. The van der Waals surface area contributed by atoms with E-state index in [4.69, 9.17) is 0 Å². The second-order valence-electron chi connectivity index (χ2n) is 2.10. The van der Waals surface area contributed by atoms with Gasteiger partial charge in [0.2, 0.25) is 0 Å². The molecular formula is C8H7ClN2. The predicted octanol–water partition coefficient (Wildman–Crippen LogP) is 2.00. The lowest BCUT2D eigenvalue weighted by molar-refractivity contribution is 1.10. The highest BCUT2D eigenvalue weighted by Crippen LogP contribution is 2.14. The molecule has 0 saturated heterocycles. The molecule has 56 valence electrons. The summed E-state index contributed by atoms with van der Waals surface area (Å²) in [5, 5.41) is 7.69. The number of hydrogen-bond donors (Lipinski definition) is 0. The Balaban J connectivity index is 0.000000605. The van der Waals surface area contributed by atoms with E-state index in [0.717, 1.165) is 11.3 Å². The molecule has 0 spiro atoms. The highest BCUT2D eigenvalue weighted by Gasteiger charge is 1.98. The number of hydrogen-bond acceptors (Lipinski definition) is 2. The standard InChI is InChI=1S/C8H6N2.ClH/c1-2-4-7-6-9-10-8(7)5-3-1;/h1-6H;1H. The summed E-state index contributed by atoms with van der Waals surface area (Å²) in [5.74, 6) is 0. The second kappa shape index (κ2) is 3.30. The van der Waals surface area contributed by atoms with Crippen molar-refractivity contribution >= 4 is 12.4 Å². The Morgan fingerprint density at radius 2 is 1.82 bits per heavy atom. The first-order chi connectivity index (χ1) is 4.97. The maximum atomic E-state index is 3.91. The molecule has 0 fully saturated rings. The molecule has 0 radical (unpaired) electrons. The van der Waals surface area contributed by atoms with Crippen molar-refractivity contribution in [1.29, 1.82) is 0 Å². The number of aromatic nitrogens is 2. The fourth-order valence-electron chi connectivity index (χ4n) is 0.905. The smallest absolute Gasteiger partial charge is 0.0945 e. The summed E-state index contributed by atoms with van der Waals surface area (Å²) < 4.78 is 0. The third-order valence-electron chi connectivity index (χ3n) is 1.41. The largest absolute Gasteiger partial charge is 0.158 e. The Hall–Kier alpha value is -1.15. The van der Waals surface area contributed by atoms with E-state index in [1.807, 2.05) is 30.3 Å². The van der Waals surface area contributed by atoms with Crippen LogP contribution in [0, 0.1) is 0 Å². The first kappa shape index (κ1) is 7.95. The van der Waals surface area contributed by atoms with Crippen LogP contribution in [0.5, 0.6) is 0 Å². The second-order valence-corrected chi connectivity index (χ2v) is 2.10. The monoisotopic (exact) mass is 166 g/mol. The van der Waals surface area contributed by atoms with E-state index in [1.54, 1.807) is 6.20 Å². The van der Waals surface area contributed by atoms with Crippen molar-refractivity contribution in [1.82, 2.24) is 10.2 Å². The molecule has 0 aromatic rings. The molecule has 2 aliphatic rings. The molecule has 1 heterocycles. The van der Waals surface area contributed by atoms with Crippen molar-refractivity contribution in [2.45, 2.75) is 0 Å². The summed E-state index contributed by atoms with van der Waals surface area (Å²) in [7, 11) is 0. The SMILES string of the molecule is Cl.c1ccc2cnnc-2cc1. The molecule has 0 aromatic heterocycles. The lowest BCUT2D eigenvalue weighted by Crippen LogP contribution is -1.66. The highest BCUT2D eigenvalue weighted by atomic mass is 35.5. The molecule has 2 nitrogen and oxygen atoms in total. The van der Waals surface area contributed by atoms with E-state index in [0.29, 0.717) is 0 Å². The van der Waals surface area contributed by atoms with Gasteiger partial charge in [-0.25, -0.2) is 0 Å². The van der Waals surface area contributed by atoms with Gasteiger partial charge in [-0.1, -0.05) is 24.3 Å². The Labute approximate surface area is 71.0 Å². The van der Waals surface area contributed by atoms with Gasteiger partial charge in [-0.2, -0.15) is 10.2 Å². The van der Waals surface area contributed by atoms with Crippen LogP contribution in [0.4, 0.5) is 0 Å². The van der Waals surface area contributed by atoms with Gasteiger partial charge in [-0.05, 0) is 6.07 Å². The summed E-state index contributed by atoms with van der Waals surface area (Å²) in [4.78, 5) is 0. The van der Waals surface area contributed by atoms with Crippen LogP contribution in [-0.4, -0.2) is 10.2 Å². The number of fused-ring (bicyclic) bond motifs is 1. The zero-order chi connectivity index (χ0) is 6.81. The molecule has 0 saturated carbocycles. The van der Waals surface area contributed by atoms with Gasteiger partial charge in [0, 0.05) is 5.56 Å². The molecule has 2 rings (SSSR count). The van der Waals surface area contributed by atoms with E-state index in [9.17, 15) is 0 Å². The number of nitrogens with zero attached hydrogens (tertiary/aromatic N) is 2. The van der Waals surface area contributed by atoms with Crippen LogP contribution in [0.15, 0.2) is 36.5 Å². The summed E-state index contributed by atoms with van der Waals surface area (Å²) >= 11 is 0. The summed E-state index contributed by atoms with van der Waals surface area (Å²) in [5.41, 5.74) is 2.04. The Bertz CT molecular complexity index is 283. The number of rotatable bonds is 0. The van der Waals surface area contributed by atoms with Gasteiger partial charge in [-0.15, -0.1) is 12.4 Å². The molecular weight excluding hydrogens is 160 g/mol. The van der Waals surface area contributed by atoms with E-state index >= 15 is 0 Å². The first-order valence-electron chi connectivity index (χ1n) is 3.13. The predicted molar refractivity (Wildman–Crippen MR) is 45.9 cm³/mol. The quantitative estimate of drug-likeness (QED) is 0.598. The summed E-state index contributed by atoms with van der Waals surface area (Å²) in [6.45, 7) is 0. The summed E-state index contributed by atoms with van der Waals surface area (Å²) in [6, 6.07) is 9.85.